The van der Waals surface area contributed by atoms with Gasteiger partial charge in [-0.25, -0.2) is 10.4 Å². The number of hydrogen-bond donors (Lipinski definition) is 2. The summed E-state index contributed by atoms with van der Waals surface area (Å²) in [6, 6.07) is 19.9. The summed E-state index contributed by atoms with van der Waals surface area (Å²) < 4.78 is 8.06. The molecule has 0 unspecified atom stereocenters. The van der Waals surface area contributed by atoms with Gasteiger partial charge in [0.1, 0.15) is 17.1 Å². The molecule has 2 aromatic carbocycles. The summed E-state index contributed by atoms with van der Waals surface area (Å²) in [6.07, 6.45) is 3.31. The van der Waals surface area contributed by atoms with E-state index in [-0.39, 0.29) is 18.4 Å². The number of hydrogen-bond acceptors (Lipinski definition) is 5. The van der Waals surface area contributed by atoms with Crippen LogP contribution in [-0.4, -0.2) is 34.0 Å². The molecule has 0 fully saturated rings. The maximum absolute atomic E-state index is 12.6. The van der Waals surface area contributed by atoms with Gasteiger partial charge >= 0.3 is 0 Å². The average molecular weight is 506 g/mol. The van der Waals surface area contributed by atoms with E-state index in [2.05, 4.69) is 36.8 Å². The number of fused-ring (bicyclic) bond motifs is 1. The Bertz CT molecular complexity index is 1320. The molecule has 0 bridgehead atoms. The summed E-state index contributed by atoms with van der Waals surface area (Å²) in [5.74, 6) is -0.0608. The number of imidazole rings is 1. The molecule has 0 aliphatic heterocycles. The van der Waals surface area contributed by atoms with Crippen LogP contribution >= 0.6 is 15.9 Å². The van der Waals surface area contributed by atoms with Crippen molar-refractivity contribution < 1.29 is 14.3 Å². The molecule has 0 atom stereocenters. The SMILES string of the molecule is Cc1nc2ccc(Br)cn2c1C(=O)N/N=C\c1ccc(OCC(=O)Nc2ccccc2)cc1. The monoisotopic (exact) mass is 505 g/mol. The molecule has 2 aromatic heterocycles. The largest absolute Gasteiger partial charge is 0.484 e. The number of carbonyl (C=O) groups excluding carboxylic acids is 2. The third kappa shape index (κ3) is 5.64. The fraction of sp³-hybridized carbons (Fsp3) is 0.0833. The van der Waals surface area contributed by atoms with E-state index in [4.69, 9.17) is 4.74 Å². The van der Waals surface area contributed by atoms with E-state index in [0.29, 0.717) is 28.5 Å². The first-order chi connectivity index (χ1) is 16.0. The van der Waals surface area contributed by atoms with Gasteiger partial charge in [-0.15, -0.1) is 0 Å². The Morgan fingerprint density at radius 2 is 1.85 bits per heavy atom. The number of aryl methyl sites for hydroxylation is 1. The van der Waals surface area contributed by atoms with Gasteiger partial charge in [-0.1, -0.05) is 18.2 Å². The van der Waals surface area contributed by atoms with E-state index in [9.17, 15) is 9.59 Å². The topological polar surface area (TPSA) is 97.1 Å². The van der Waals surface area contributed by atoms with Gasteiger partial charge in [-0.3, -0.25) is 14.0 Å². The Morgan fingerprint density at radius 1 is 1.09 bits per heavy atom. The number of nitrogens with one attached hydrogen (secondary N) is 2. The van der Waals surface area contributed by atoms with Crippen LogP contribution in [-0.2, 0) is 4.79 Å². The van der Waals surface area contributed by atoms with Gasteiger partial charge in [0.2, 0.25) is 0 Å². The van der Waals surface area contributed by atoms with Crippen LogP contribution in [0.25, 0.3) is 5.65 Å². The zero-order valence-corrected chi connectivity index (χ0v) is 19.2. The van der Waals surface area contributed by atoms with Gasteiger partial charge in [0, 0.05) is 16.4 Å². The van der Waals surface area contributed by atoms with Gasteiger partial charge in [-0.2, -0.15) is 5.10 Å². The minimum absolute atomic E-state index is 0.104. The molecule has 166 valence electrons. The molecule has 2 N–H and O–H groups in total. The number of amides is 2. The summed E-state index contributed by atoms with van der Waals surface area (Å²) in [5.41, 5.74) is 5.71. The molecule has 0 saturated carbocycles. The lowest BCUT2D eigenvalue weighted by Crippen LogP contribution is -2.20. The Hall–Kier alpha value is -3.98. The standard InChI is InChI=1S/C24H20BrN5O3/c1-16-23(30-14-18(25)9-12-21(30)27-16)24(32)29-26-13-17-7-10-20(11-8-17)33-15-22(31)28-19-5-3-2-4-6-19/h2-14H,15H2,1H3,(H,28,31)(H,29,32)/b26-13-. The van der Waals surface area contributed by atoms with Crippen LogP contribution in [0.4, 0.5) is 5.69 Å². The van der Waals surface area contributed by atoms with Crippen molar-refractivity contribution >= 4 is 45.3 Å². The van der Waals surface area contributed by atoms with E-state index >= 15 is 0 Å². The summed E-state index contributed by atoms with van der Waals surface area (Å²) >= 11 is 3.41. The molecule has 4 rings (SSSR count). The summed E-state index contributed by atoms with van der Waals surface area (Å²) in [5, 5.41) is 6.79. The second kappa shape index (κ2) is 10.1. The zero-order chi connectivity index (χ0) is 23.2. The molecule has 2 heterocycles. The normalized spacial score (nSPS) is 11.0. The molecule has 0 spiro atoms. The Kier molecular flexibility index (Phi) is 6.80. The number of nitrogens with zero attached hydrogens (tertiary/aromatic N) is 3. The van der Waals surface area contributed by atoms with Crippen molar-refractivity contribution in [2.75, 3.05) is 11.9 Å². The molecule has 2 amide bonds. The highest BCUT2D eigenvalue weighted by molar-refractivity contribution is 9.10. The van der Waals surface area contributed by atoms with Gasteiger partial charge < -0.3 is 10.1 Å². The molecule has 0 radical (unpaired) electrons. The third-order valence-electron chi connectivity index (χ3n) is 4.66. The van der Waals surface area contributed by atoms with Crippen LogP contribution in [0.5, 0.6) is 5.75 Å². The highest BCUT2D eigenvalue weighted by Crippen LogP contribution is 2.17. The summed E-state index contributed by atoms with van der Waals surface area (Å²) in [4.78, 5) is 29.0. The minimum atomic E-state index is -0.362. The number of hydrazone groups is 1. The van der Waals surface area contributed by atoms with Gasteiger partial charge in [0.05, 0.1) is 11.9 Å². The van der Waals surface area contributed by atoms with Crippen molar-refractivity contribution in [2.45, 2.75) is 6.92 Å². The Balaban J connectivity index is 1.31. The van der Waals surface area contributed by atoms with Crippen molar-refractivity contribution in [2.24, 2.45) is 5.10 Å². The van der Waals surface area contributed by atoms with E-state index < -0.39 is 0 Å². The molecular weight excluding hydrogens is 486 g/mol. The number of aromatic nitrogens is 2. The summed E-state index contributed by atoms with van der Waals surface area (Å²) in [7, 11) is 0. The number of rotatable bonds is 7. The number of anilines is 1. The number of pyridine rings is 1. The first-order valence-corrected chi connectivity index (χ1v) is 10.8. The lowest BCUT2D eigenvalue weighted by molar-refractivity contribution is -0.118. The molecule has 8 nitrogen and oxygen atoms in total. The summed E-state index contributed by atoms with van der Waals surface area (Å²) in [6.45, 7) is 1.67. The Labute approximate surface area is 198 Å². The van der Waals surface area contributed by atoms with Crippen LogP contribution in [0.1, 0.15) is 21.7 Å². The molecule has 4 aromatic rings. The fourth-order valence-corrected chi connectivity index (χ4v) is 3.48. The van der Waals surface area contributed by atoms with Crippen LogP contribution < -0.4 is 15.5 Å². The van der Waals surface area contributed by atoms with Gasteiger partial charge in [0.25, 0.3) is 11.8 Å². The molecule has 0 saturated heterocycles. The van der Waals surface area contributed by atoms with Crippen LogP contribution in [0, 0.1) is 6.92 Å². The zero-order valence-electron chi connectivity index (χ0n) is 17.7. The first kappa shape index (κ1) is 22.2. The van der Waals surface area contributed by atoms with Gasteiger partial charge in [0.15, 0.2) is 6.61 Å². The predicted molar refractivity (Wildman–Crippen MR) is 130 cm³/mol. The van der Waals surface area contributed by atoms with Crippen molar-refractivity contribution in [1.82, 2.24) is 14.8 Å². The minimum Gasteiger partial charge on any atom is -0.484 e. The van der Waals surface area contributed by atoms with Gasteiger partial charge in [-0.05, 0) is 76.9 Å². The van der Waals surface area contributed by atoms with Crippen LogP contribution in [0.15, 0.2) is 82.5 Å². The maximum atomic E-state index is 12.6. The van der Waals surface area contributed by atoms with E-state index in [1.807, 2.05) is 30.3 Å². The van der Waals surface area contributed by atoms with Crippen molar-refractivity contribution in [3.05, 3.63) is 94.4 Å². The van der Waals surface area contributed by atoms with Crippen LogP contribution in [0.3, 0.4) is 0 Å². The van der Waals surface area contributed by atoms with Crippen molar-refractivity contribution in [1.29, 1.82) is 0 Å². The smallest absolute Gasteiger partial charge is 0.290 e. The van der Waals surface area contributed by atoms with E-state index in [1.165, 1.54) is 6.21 Å². The number of halogens is 1. The van der Waals surface area contributed by atoms with Crippen molar-refractivity contribution in [3.63, 3.8) is 0 Å². The molecular formula is C24H20BrN5O3. The number of benzene rings is 2. The number of carbonyl (C=O) groups is 2. The second-order valence-corrected chi connectivity index (χ2v) is 8.01. The van der Waals surface area contributed by atoms with E-state index in [1.54, 1.807) is 53.9 Å². The molecule has 0 aliphatic carbocycles. The lowest BCUT2D eigenvalue weighted by atomic mass is 10.2. The average Bonchev–Trinajstić information content (AvgIpc) is 3.14. The second-order valence-electron chi connectivity index (χ2n) is 7.09. The predicted octanol–water partition coefficient (Wildman–Crippen LogP) is 4.19. The third-order valence-corrected chi connectivity index (χ3v) is 5.13. The highest BCUT2D eigenvalue weighted by atomic mass is 79.9. The number of para-hydroxylation sites is 1. The van der Waals surface area contributed by atoms with Crippen LogP contribution in [0.2, 0.25) is 0 Å². The molecule has 0 aliphatic rings. The Morgan fingerprint density at radius 3 is 2.61 bits per heavy atom. The quantitative estimate of drug-likeness (QED) is 0.290. The highest BCUT2D eigenvalue weighted by Gasteiger charge is 2.16. The molecule has 9 heteroatoms. The lowest BCUT2D eigenvalue weighted by Gasteiger charge is -2.07. The number of ether oxygens (including phenoxy) is 1. The first-order valence-electron chi connectivity index (χ1n) is 10.0. The van der Waals surface area contributed by atoms with E-state index in [0.717, 1.165) is 10.0 Å². The van der Waals surface area contributed by atoms with Crippen molar-refractivity contribution in [3.8, 4) is 5.75 Å². The maximum Gasteiger partial charge on any atom is 0.290 e. The fourth-order valence-electron chi connectivity index (χ4n) is 3.15. The molecule has 33 heavy (non-hydrogen) atoms.